The minimum absolute atomic E-state index is 0.107. The Morgan fingerprint density at radius 1 is 1.25 bits per heavy atom. The predicted octanol–water partition coefficient (Wildman–Crippen LogP) is 1.96. The van der Waals surface area contributed by atoms with E-state index in [9.17, 15) is 17.2 Å². The van der Waals surface area contributed by atoms with Gasteiger partial charge in [0, 0.05) is 19.6 Å². The Kier molecular flexibility index (Phi) is 5.61. The van der Waals surface area contributed by atoms with Crippen molar-refractivity contribution < 1.29 is 17.2 Å². The summed E-state index contributed by atoms with van der Waals surface area (Å²) in [6.45, 7) is 3.96. The molecule has 7 heteroatoms. The summed E-state index contributed by atoms with van der Waals surface area (Å²) in [5, 5.41) is 0. The van der Waals surface area contributed by atoms with E-state index in [0.717, 1.165) is 22.5 Å². The lowest BCUT2D eigenvalue weighted by Gasteiger charge is -2.21. The van der Waals surface area contributed by atoms with Crippen LogP contribution in [0.1, 0.15) is 20.3 Å². The molecule has 2 N–H and O–H groups in total. The minimum Gasteiger partial charge on any atom is -0.327 e. The van der Waals surface area contributed by atoms with Gasteiger partial charge in [-0.15, -0.1) is 0 Å². The highest BCUT2D eigenvalue weighted by atomic mass is 32.2. The van der Waals surface area contributed by atoms with E-state index >= 15 is 0 Å². The summed E-state index contributed by atoms with van der Waals surface area (Å²) in [6.07, 6.45) is 0.420. The molecule has 0 aliphatic heterocycles. The standard InChI is InChI=1S/C13H20F2N2O2S/c1-9(2)12(16)7-8-17(3)20(18,19)13-10(14)5-4-6-11(13)15/h4-6,9,12H,7-8,16H2,1-3H3. The van der Waals surface area contributed by atoms with Crippen LogP contribution in [0.15, 0.2) is 23.1 Å². The molecule has 1 atom stereocenters. The molecule has 0 aliphatic carbocycles. The molecule has 0 saturated carbocycles. The first-order valence-corrected chi connectivity index (χ1v) is 7.78. The van der Waals surface area contributed by atoms with Crippen molar-refractivity contribution in [3.8, 4) is 0 Å². The first kappa shape index (κ1) is 17.0. The van der Waals surface area contributed by atoms with Gasteiger partial charge < -0.3 is 5.73 Å². The van der Waals surface area contributed by atoms with E-state index in [0.29, 0.717) is 6.42 Å². The molecule has 0 aliphatic rings. The van der Waals surface area contributed by atoms with Gasteiger partial charge in [0.05, 0.1) is 0 Å². The molecule has 0 bridgehead atoms. The van der Waals surface area contributed by atoms with Gasteiger partial charge in [0.2, 0.25) is 10.0 Å². The number of hydrogen-bond donors (Lipinski definition) is 1. The first-order valence-electron chi connectivity index (χ1n) is 6.34. The maximum absolute atomic E-state index is 13.6. The van der Waals surface area contributed by atoms with Crippen LogP contribution in [0.2, 0.25) is 0 Å². The van der Waals surface area contributed by atoms with Gasteiger partial charge in [0.1, 0.15) is 11.6 Å². The third kappa shape index (κ3) is 3.74. The number of hydrogen-bond acceptors (Lipinski definition) is 3. The smallest absolute Gasteiger partial charge is 0.248 e. The number of benzene rings is 1. The quantitative estimate of drug-likeness (QED) is 0.874. The van der Waals surface area contributed by atoms with Crippen molar-refractivity contribution in [1.29, 1.82) is 0 Å². The average Bonchev–Trinajstić information content (AvgIpc) is 2.34. The molecule has 1 aromatic carbocycles. The summed E-state index contributed by atoms with van der Waals surface area (Å²) < 4.78 is 52.4. The normalized spacial score (nSPS) is 14.0. The zero-order valence-corrected chi connectivity index (χ0v) is 12.6. The minimum atomic E-state index is -4.19. The van der Waals surface area contributed by atoms with E-state index in [1.165, 1.54) is 7.05 Å². The summed E-state index contributed by atoms with van der Waals surface area (Å²) in [4.78, 5) is -0.916. The van der Waals surface area contributed by atoms with Crippen LogP contribution in [0.5, 0.6) is 0 Å². The Hall–Kier alpha value is -1.05. The van der Waals surface area contributed by atoms with E-state index in [-0.39, 0.29) is 18.5 Å². The predicted molar refractivity (Wildman–Crippen MR) is 73.6 cm³/mol. The summed E-state index contributed by atoms with van der Waals surface area (Å²) in [6, 6.07) is 2.80. The molecule has 4 nitrogen and oxygen atoms in total. The van der Waals surface area contributed by atoms with Crippen molar-refractivity contribution in [2.75, 3.05) is 13.6 Å². The van der Waals surface area contributed by atoms with E-state index in [4.69, 9.17) is 5.73 Å². The summed E-state index contributed by atoms with van der Waals surface area (Å²) >= 11 is 0. The van der Waals surface area contributed by atoms with Gasteiger partial charge in [-0.25, -0.2) is 21.5 Å². The van der Waals surface area contributed by atoms with Gasteiger partial charge in [-0.1, -0.05) is 19.9 Å². The Bertz CT molecular complexity index is 541. The largest absolute Gasteiger partial charge is 0.327 e. The molecular formula is C13H20F2N2O2S. The lowest BCUT2D eigenvalue weighted by Crippen LogP contribution is -2.35. The Morgan fingerprint density at radius 2 is 1.75 bits per heavy atom. The Labute approximate surface area is 118 Å². The number of halogens is 2. The fourth-order valence-electron chi connectivity index (χ4n) is 1.67. The number of rotatable bonds is 6. The monoisotopic (exact) mass is 306 g/mol. The highest BCUT2D eigenvalue weighted by Crippen LogP contribution is 2.22. The summed E-state index contributed by atoms with van der Waals surface area (Å²) in [7, 11) is -2.91. The van der Waals surface area contributed by atoms with Crippen LogP contribution in [-0.4, -0.2) is 32.4 Å². The number of nitrogens with two attached hydrogens (primary N) is 1. The third-order valence-electron chi connectivity index (χ3n) is 3.22. The van der Waals surface area contributed by atoms with E-state index in [2.05, 4.69) is 0 Å². The third-order valence-corrected chi connectivity index (χ3v) is 5.13. The molecule has 1 rings (SSSR count). The highest BCUT2D eigenvalue weighted by molar-refractivity contribution is 7.89. The van der Waals surface area contributed by atoms with Crippen molar-refractivity contribution >= 4 is 10.0 Å². The van der Waals surface area contributed by atoms with Gasteiger partial charge in [0.25, 0.3) is 0 Å². The fraction of sp³-hybridized carbons (Fsp3) is 0.538. The van der Waals surface area contributed by atoms with Crippen LogP contribution in [0.25, 0.3) is 0 Å². The molecule has 0 fully saturated rings. The lowest BCUT2D eigenvalue weighted by molar-refractivity contribution is 0.393. The SMILES string of the molecule is CC(C)C(N)CCN(C)S(=O)(=O)c1c(F)cccc1F. The molecule has 0 heterocycles. The number of sulfonamides is 1. The molecule has 20 heavy (non-hydrogen) atoms. The van der Waals surface area contributed by atoms with Crippen LogP contribution < -0.4 is 5.73 Å². The second kappa shape index (κ2) is 6.60. The molecule has 0 radical (unpaired) electrons. The maximum Gasteiger partial charge on any atom is 0.248 e. The molecule has 1 unspecified atom stereocenters. The van der Waals surface area contributed by atoms with Crippen LogP contribution in [0, 0.1) is 17.6 Å². The Morgan fingerprint density at radius 3 is 2.20 bits per heavy atom. The van der Waals surface area contributed by atoms with Gasteiger partial charge in [-0.05, 0) is 24.5 Å². The Balaban J connectivity index is 2.94. The second-order valence-electron chi connectivity index (χ2n) is 5.07. The van der Waals surface area contributed by atoms with Gasteiger partial charge in [0.15, 0.2) is 4.90 Å². The zero-order chi connectivity index (χ0) is 15.5. The van der Waals surface area contributed by atoms with Crippen LogP contribution in [0.3, 0.4) is 0 Å². The molecule has 0 amide bonds. The molecule has 0 saturated heterocycles. The lowest BCUT2D eigenvalue weighted by atomic mass is 10.0. The fourth-order valence-corrected chi connectivity index (χ4v) is 2.96. The van der Waals surface area contributed by atoms with Crippen LogP contribution in [0.4, 0.5) is 8.78 Å². The van der Waals surface area contributed by atoms with Crippen molar-refractivity contribution in [1.82, 2.24) is 4.31 Å². The van der Waals surface area contributed by atoms with E-state index in [1.807, 2.05) is 13.8 Å². The topological polar surface area (TPSA) is 63.4 Å². The van der Waals surface area contributed by atoms with Crippen LogP contribution >= 0.6 is 0 Å². The van der Waals surface area contributed by atoms with Crippen molar-refractivity contribution in [2.45, 2.75) is 31.2 Å². The summed E-state index contributed by atoms with van der Waals surface area (Å²) in [5.74, 6) is -1.98. The van der Waals surface area contributed by atoms with Gasteiger partial charge in [-0.3, -0.25) is 0 Å². The number of nitrogens with zero attached hydrogens (tertiary/aromatic N) is 1. The average molecular weight is 306 g/mol. The second-order valence-corrected chi connectivity index (χ2v) is 7.06. The van der Waals surface area contributed by atoms with Crippen LogP contribution in [-0.2, 0) is 10.0 Å². The first-order chi connectivity index (χ1) is 9.17. The highest BCUT2D eigenvalue weighted by Gasteiger charge is 2.28. The molecule has 114 valence electrons. The van der Waals surface area contributed by atoms with Gasteiger partial charge in [-0.2, -0.15) is 0 Å². The molecule has 1 aromatic rings. The van der Waals surface area contributed by atoms with Crippen molar-refractivity contribution in [3.63, 3.8) is 0 Å². The van der Waals surface area contributed by atoms with Crippen molar-refractivity contribution in [2.24, 2.45) is 11.7 Å². The molecular weight excluding hydrogens is 286 g/mol. The van der Waals surface area contributed by atoms with E-state index in [1.54, 1.807) is 0 Å². The maximum atomic E-state index is 13.6. The van der Waals surface area contributed by atoms with Gasteiger partial charge >= 0.3 is 0 Å². The summed E-state index contributed by atoms with van der Waals surface area (Å²) in [5.41, 5.74) is 5.84. The molecule has 0 aromatic heterocycles. The van der Waals surface area contributed by atoms with E-state index < -0.39 is 26.6 Å². The zero-order valence-electron chi connectivity index (χ0n) is 11.8. The van der Waals surface area contributed by atoms with Crippen molar-refractivity contribution in [3.05, 3.63) is 29.8 Å². The molecule has 0 spiro atoms.